The lowest BCUT2D eigenvalue weighted by atomic mass is 10.2. The molecule has 0 aromatic carbocycles. The standard InChI is InChI=1S/C17H33N7O.HI/c1-14(2)12-19-17(20-13-16-22-21-15(3)23(16)4)18-6-5-7-24-8-10-25-11-9-24;/h14H,5-13H2,1-4H3,(H2,18,19,20);1H. The summed E-state index contributed by atoms with van der Waals surface area (Å²) in [5.41, 5.74) is 0. The molecular weight excluding hydrogens is 445 g/mol. The maximum atomic E-state index is 5.38. The van der Waals surface area contributed by atoms with Crippen LogP contribution in [0, 0.1) is 12.8 Å². The smallest absolute Gasteiger partial charge is 0.191 e. The van der Waals surface area contributed by atoms with Crippen LogP contribution in [0.25, 0.3) is 0 Å². The lowest BCUT2D eigenvalue weighted by Crippen LogP contribution is -2.41. The van der Waals surface area contributed by atoms with Gasteiger partial charge < -0.3 is 19.9 Å². The molecule has 150 valence electrons. The van der Waals surface area contributed by atoms with E-state index in [9.17, 15) is 0 Å². The Morgan fingerprint density at radius 1 is 1.23 bits per heavy atom. The molecule has 0 spiro atoms. The van der Waals surface area contributed by atoms with E-state index in [-0.39, 0.29) is 24.0 Å². The first-order chi connectivity index (χ1) is 12.1. The number of hydrogen-bond acceptors (Lipinski definition) is 5. The van der Waals surface area contributed by atoms with Gasteiger partial charge in [0.05, 0.1) is 13.2 Å². The number of halogens is 1. The van der Waals surface area contributed by atoms with Crippen molar-refractivity contribution in [3.8, 4) is 0 Å². The van der Waals surface area contributed by atoms with Gasteiger partial charge in [0.15, 0.2) is 11.8 Å². The number of aromatic nitrogens is 3. The third-order valence-electron chi connectivity index (χ3n) is 4.29. The molecule has 1 aliphatic heterocycles. The van der Waals surface area contributed by atoms with E-state index in [0.29, 0.717) is 12.5 Å². The van der Waals surface area contributed by atoms with Crippen LogP contribution in [0.2, 0.25) is 0 Å². The van der Waals surface area contributed by atoms with Crippen molar-refractivity contribution in [2.24, 2.45) is 18.0 Å². The molecular formula is C17H34IN7O. The van der Waals surface area contributed by atoms with Crippen molar-refractivity contribution in [2.75, 3.05) is 45.9 Å². The second kappa shape index (κ2) is 12.4. The molecule has 2 N–H and O–H groups in total. The summed E-state index contributed by atoms with van der Waals surface area (Å²) < 4.78 is 7.36. The van der Waals surface area contributed by atoms with E-state index in [2.05, 4.69) is 44.6 Å². The SMILES string of the molecule is Cc1nnc(CN=C(NCCCN2CCOCC2)NCC(C)C)n1C.I. The van der Waals surface area contributed by atoms with Crippen LogP contribution in [0.4, 0.5) is 0 Å². The van der Waals surface area contributed by atoms with Gasteiger partial charge in [-0.3, -0.25) is 4.90 Å². The van der Waals surface area contributed by atoms with Crippen molar-refractivity contribution in [3.63, 3.8) is 0 Å². The summed E-state index contributed by atoms with van der Waals surface area (Å²) in [6.45, 7) is 13.5. The van der Waals surface area contributed by atoms with Gasteiger partial charge in [0.2, 0.25) is 0 Å². The summed E-state index contributed by atoms with van der Waals surface area (Å²) in [6, 6.07) is 0. The van der Waals surface area contributed by atoms with Gasteiger partial charge in [-0.05, 0) is 25.8 Å². The molecule has 0 aliphatic carbocycles. The molecule has 26 heavy (non-hydrogen) atoms. The Morgan fingerprint density at radius 2 is 1.96 bits per heavy atom. The predicted molar refractivity (Wildman–Crippen MR) is 115 cm³/mol. The van der Waals surface area contributed by atoms with Gasteiger partial charge in [-0.2, -0.15) is 0 Å². The Morgan fingerprint density at radius 3 is 2.58 bits per heavy atom. The molecule has 0 amide bonds. The molecule has 1 saturated heterocycles. The molecule has 0 radical (unpaired) electrons. The van der Waals surface area contributed by atoms with E-state index in [1.807, 2.05) is 18.5 Å². The monoisotopic (exact) mass is 479 g/mol. The van der Waals surface area contributed by atoms with Crippen LogP contribution < -0.4 is 10.6 Å². The summed E-state index contributed by atoms with van der Waals surface area (Å²) in [5.74, 6) is 3.19. The van der Waals surface area contributed by atoms with Crippen LogP contribution in [0.3, 0.4) is 0 Å². The van der Waals surface area contributed by atoms with Gasteiger partial charge in [0, 0.05) is 33.2 Å². The average Bonchev–Trinajstić information content (AvgIpc) is 2.93. The highest BCUT2D eigenvalue weighted by Gasteiger charge is 2.10. The van der Waals surface area contributed by atoms with Gasteiger partial charge in [-0.25, -0.2) is 4.99 Å². The van der Waals surface area contributed by atoms with E-state index in [1.165, 1.54) is 0 Å². The first-order valence-corrected chi connectivity index (χ1v) is 9.23. The van der Waals surface area contributed by atoms with Crippen molar-refractivity contribution >= 4 is 29.9 Å². The lowest BCUT2D eigenvalue weighted by Gasteiger charge is -2.26. The van der Waals surface area contributed by atoms with Crippen LogP contribution in [0.5, 0.6) is 0 Å². The topological polar surface area (TPSA) is 79.6 Å². The molecule has 1 aliphatic rings. The normalized spacial score (nSPS) is 15.8. The summed E-state index contributed by atoms with van der Waals surface area (Å²) >= 11 is 0. The van der Waals surface area contributed by atoms with Crippen molar-refractivity contribution < 1.29 is 4.74 Å². The molecule has 9 heteroatoms. The fourth-order valence-electron chi connectivity index (χ4n) is 2.55. The zero-order valence-corrected chi connectivity index (χ0v) is 18.8. The highest BCUT2D eigenvalue weighted by atomic mass is 127. The first-order valence-electron chi connectivity index (χ1n) is 9.23. The minimum atomic E-state index is 0. The number of aryl methyl sites for hydroxylation is 1. The van der Waals surface area contributed by atoms with E-state index in [0.717, 1.165) is 70.0 Å². The van der Waals surface area contributed by atoms with Crippen molar-refractivity contribution in [2.45, 2.75) is 33.7 Å². The third-order valence-corrected chi connectivity index (χ3v) is 4.29. The van der Waals surface area contributed by atoms with E-state index in [4.69, 9.17) is 4.74 Å². The lowest BCUT2D eigenvalue weighted by molar-refractivity contribution is 0.0376. The second-order valence-corrected chi connectivity index (χ2v) is 6.90. The van der Waals surface area contributed by atoms with Crippen LogP contribution >= 0.6 is 24.0 Å². The number of nitrogens with zero attached hydrogens (tertiary/aromatic N) is 5. The highest BCUT2D eigenvalue weighted by Crippen LogP contribution is 2.00. The average molecular weight is 479 g/mol. The number of hydrogen-bond donors (Lipinski definition) is 2. The van der Waals surface area contributed by atoms with Gasteiger partial charge in [-0.1, -0.05) is 13.8 Å². The minimum absolute atomic E-state index is 0. The summed E-state index contributed by atoms with van der Waals surface area (Å²) in [7, 11) is 1.97. The molecule has 2 rings (SSSR count). The molecule has 0 bridgehead atoms. The van der Waals surface area contributed by atoms with Crippen molar-refractivity contribution in [1.29, 1.82) is 0 Å². The fourth-order valence-corrected chi connectivity index (χ4v) is 2.55. The van der Waals surface area contributed by atoms with Crippen LogP contribution in [0.15, 0.2) is 4.99 Å². The Balaban J connectivity index is 0.00000338. The Labute approximate surface area is 174 Å². The fraction of sp³-hybridized carbons (Fsp3) is 0.824. The quantitative estimate of drug-likeness (QED) is 0.252. The summed E-state index contributed by atoms with van der Waals surface area (Å²) in [5, 5.41) is 15.1. The Hall–Kier alpha value is -0.940. The molecule has 1 fully saturated rings. The van der Waals surface area contributed by atoms with Gasteiger partial charge >= 0.3 is 0 Å². The number of rotatable bonds is 8. The van der Waals surface area contributed by atoms with Gasteiger partial charge in [0.1, 0.15) is 12.4 Å². The van der Waals surface area contributed by atoms with E-state index >= 15 is 0 Å². The molecule has 1 aromatic heterocycles. The van der Waals surface area contributed by atoms with E-state index in [1.54, 1.807) is 0 Å². The first kappa shape index (κ1) is 23.1. The molecule has 0 saturated carbocycles. The number of aliphatic imine (C=N–C) groups is 1. The molecule has 0 atom stereocenters. The number of ether oxygens (including phenoxy) is 1. The van der Waals surface area contributed by atoms with Crippen LogP contribution in [-0.4, -0.2) is 71.6 Å². The number of nitrogens with one attached hydrogen (secondary N) is 2. The molecule has 8 nitrogen and oxygen atoms in total. The predicted octanol–water partition coefficient (Wildman–Crippen LogP) is 1.16. The maximum absolute atomic E-state index is 5.38. The molecule has 1 aromatic rings. The zero-order valence-electron chi connectivity index (χ0n) is 16.5. The van der Waals surface area contributed by atoms with Gasteiger partial charge in [-0.15, -0.1) is 34.2 Å². The summed E-state index contributed by atoms with van der Waals surface area (Å²) in [4.78, 5) is 7.11. The summed E-state index contributed by atoms with van der Waals surface area (Å²) in [6.07, 6.45) is 1.09. The number of guanidine groups is 1. The minimum Gasteiger partial charge on any atom is -0.379 e. The van der Waals surface area contributed by atoms with Crippen LogP contribution in [0.1, 0.15) is 31.9 Å². The van der Waals surface area contributed by atoms with Crippen molar-refractivity contribution in [3.05, 3.63) is 11.6 Å². The van der Waals surface area contributed by atoms with Gasteiger partial charge in [0.25, 0.3) is 0 Å². The van der Waals surface area contributed by atoms with Crippen LogP contribution in [-0.2, 0) is 18.3 Å². The Bertz CT molecular complexity index is 541. The number of morpholine rings is 1. The third kappa shape index (κ3) is 8.17. The van der Waals surface area contributed by atoms with Crippen molar-refractivity contribution in [1.82, 2.24) is 30.3 Å². The molecule has 2 heterocycles. The van der Waals surface area contributed by atoms with E-state index < -0.39 is 0 Å². The second-order valence-electron chi connectivity index (χ2n) is 6.90. The maximum Gasteiger partial charge on any atom is 0.191 e. The molecule has 0 unspecified atom stereocenters. The zero-order chi connectivity index (χ0) is 18.1. The Kier molecular flexibility index (Phi) is 11.1. The highest BCUT2D eigenvalue weighted by molar-refractivity contribution is 14.0. The largest absolute Gasteiger partial charge is 0.379 e.